The molecule has 11 nitrogen and oxygen atoms in total. The summed E-state index contributed by atoms with van der Waals surface area (Å²) in [5.74, 6) is -1.54. The van der Waals surface area contributed by atoms with E-state index in [9.17, 15) is 29.6 Å². The van der Waals surface area contributed by atoms with Gasteiger partial charge in [-0.25, -0.2) is 4.79 Å². The van der Waals surface area contributed by atoms with E-state index < -0.39 is 39.6 Å². The Morgan fingerprint density at radius 3 is 2.29 bits per heavy atom. The van der Waals surface area contributed by atoms with Crippen molar-refractivity contribution < 1.29 is 33.9 Å². The number of β-lactam (4-membered cyclic amide) rings is 1. The maximum absolute atomic E-state index is 13.8. The number of nitrogens with zero attached hydrogens (tertiary/aromatic N) is 3. The van der Waals surface area contributed by atoms with Crippen LogP contribution in [0.1, 0.15) is 45.7 Å². The summed E-state index contributed by atoms with van der Waals surface area (Å²) in [6.07, 6.45) is -0.998. The number of rotatable bonds is 11. The summed E-state index contributed by atoms with van der Waals surface area (Å²) in [4.78, 5) is 52.0. The van der Waals surface area contributed by atoms with Gasteiger partial charge in [0.15, 0.2) is 10.8 Å². The fourth-order valence-electron chi connectivity index (χ4n) is 3.79. The molecule has 0 unspecified atom stereocenters. The van der Waals surface area contributed by atoms with Gasteiger partial charge in [-0.3, -0.25) is 24.6 Å². The summed E-state index contributed by atoms with van der Waals surface area (Å²) in [7, 11) is 0. The Morgan fingerprint density at radius 1 is 1.17 bits per heavy atom. The quantitative estimate of drug-likeness (QED) is 0.0909. The highest BCUT2D eigenvalue weighted by Crippen LogP contribution is 2.43. The fraction of sp³-hybridized carbons (Fsp3) is 0.379. The molecule has 3 rings (SSSR count). The second-order valence-electron chi connectivity index (χ2n) is 10.3. The minimum Gasteiger partial charge on any atom is -0.456 e. The smallest absolute Gasteiger partial charge is 0.359 e. The van der Waals surface area contributed by atoms with Crippen LogP contribution in [0, 0.1) is 32.8 Å². The van der Waals surface area contributed by atoms with Gasteiger partial charge in [-0.05, 0) is 66.4 Å². The van der Waals surface area contributed by atoms with Gasteiger partial charge in [0.25, 0.3) is 5.69 Å². The Bertz CT molecular complexity index is 1410. The number of thioether (sulfide) groups is 2. The standard InChI is InChI=1S/C29H31N3O8S2/c1-6-41-25-22(17(2)33)24(34)31(25)23(26(35)39-16-19-7-11-20(12-8-19)32(37)38)27(42-28(36)29(3,4)5)40-21-13-9-18(15-30)10-14-21/h7-14,17,22,25,33H,6,16H2,1-5H3/t17-,22+,25-/m1/s1. The number of carbonyl (C=O) groups is 3. The highest BCUT2D eigenvalue weighted by Gasteiger charge is 2.54. The molecule has 0 spiro atoms. The fourth-order valence-corrected chi connectivity index (χ4v) is 5.93. The van der Waals surface area contributed by atoms with E-state index >= 15 is 0 Å². The maximum atomic E-state index is 13.8. The van der Waals surface area contributed by atoms with Crippen LogP contribution in [0.4, 0.5) is 5.69 Å². The van der Waals surface area contributed by atoms with Crippen LogP contribution in [0.2, 0.25) is 0 Å². The summed E-state index contributed by atoms with van der Waals surface area (Å²) in [5, 5.41) is 29.3. The van der Waals surface area contributed by atoms with Gasteiger partial charge < -0.3 is 14.6 Å². The zero-order valence-electron chi connectivity index (χ0n) is 23.7. The molecule has 42 heavy (non-hydrogen) atoms. The predicted molar refractivity (Wildman–Crippen MR) is 158 cm³/mol. The molecule has 0 saturated carbocycles. The number of aliphatic hydroxyl groups is 1. The van der Waals surface area contributed by atoms with E-state index in [1.165, 1.54) is 72.1 Å². The van der Waals surface area contributed by atoms with Crippen LogP contribution in [0.3, 0.4) is 0 Å². The van der Waals surface area contributed by atoms with E-state index in [0.717, 1.165) is 0 Å². The SMILES string of the molecule is CCS[C@@H]1[C@@H]([C@@H](C)O)C(=O)N1C(C(=O)OCc1ccc([N+](=O)[O-])cc1)=C(Oc1ccc(C#N)cc1)SC(=O)C(C)(C)C. The lowest BCUT2D eigenvalue weighted by Crippen LogP contribution is -2.63. The lowest BCUT2D eigenvalue weighted by atomic mass is 9.92. The average molecular weight is 614 g/mol. The van der Waals surface area contributed by atoms with Gasteiger partial charge in [0.05, 0.1) is 34.0 Å². The summed E-state index contributed by atoms with van der Waals surface area (Å²) < 4.78 is 11.6. The second-order valence-corrected chi connectivity index (χ2v) is 12.7. The van der Waals surface area contributed by atoms with Gasteiger partial charge in [0.1, 0.15) is 12.4 Å². The average Bonchev–Trinajstić information content (AvgIpc) is 2.93. The minimum atomic E-state index is -0.998. The molecule has 222 valence electrons. The minimum absolute atomic E-state index is 0.129. The molecular formula is C29H31N3O8S2. The van der Waals surface area contributed by atoms with E-state index in [-0.39, 0.29) is 33.9 Å². The number of carbonyl (C=O) groups excluding carboxylic acids is 3. The number of non-ortho nitro benzene ring substituents is 1. The lowest BCUT2D eigenvalue weighted by Gasteiger charge is -2.48. The van der Waals surface area contributed by atoms with Crippen LogP contribution in [0.15, 0.2) is 59.3 Å². The van der Waals surface area contributed by atoms with Crippen molar-refractivity contribution in [3.05, 3.63) is 80.6 Å². The maximum Gasteiger partial charge on any atom is 0.359 e. The molecule has 1 amide bonds. The number of ether oxygens (including phenoxy) is 2. The van der Waals surface area contributed by atoms with E-state index in [1.54, 1.807) is 20.8 Å². The first-order chi connectivity index (χ1) is 19.8. The Kier molecular flexibility index (Phi) is 10.8. The van der Waals surface area contributed by atoms with Crippen LogP contribution in [-0.2, 0) is 25.7 Å². The number of aliphatic hydroxyl groups excluding tert-OH is 1. The Balaban J connectivity index is 2.10. The third kappa shape index (κ3) is 7.70. The van der Waals surface area contributed by atoms with Gasteiger partial charge >= 0.3 is 5.97 Å². The molecule has 13 heteroatoms. The second kappa shape index (κ2) is 13.9. The number of nitro benzene ring substituents is 1. The Labute approximate surface area is 252 Å². The number of benzene rings is 2. The summed E-state index contributed by atoms with van der Waals surface area (Å²) in [5.41, 5.74) is -0.466. The first-order valence-electron chi connectivity index (χ1n) is 13.0. The molecule has 1 fully saturated rings. The highest BCUT2D eigenvalue weighted by atomic mass is 32.2. The summed E-state index contributed by atoms with van der Waals surface area (Å²) >= 11 is 1.98. The molecular weight excluding hydrogens is 582 g/mol. The summed E-state index contributed by atoms with van der Waals surface area (Å²) in [6.45, 7) is 8.17. The molecule has 1 aliphatic heterocycles. The van der Waals surface area contributed by atoms with Gasteiger partial charge in [0.2, 0.25) is 11.0 Å². The van der Waals surface area contributed by atoms with Crippen molar-refractivity contribution >= 4 is 46.2 Å². The van der Waals surface area contributed by atoms with Crippen molar-refractivity contribution in [2.75, 3.05) is 5.75 Å². The molecule has 0 bridgehead atoms. The van der Waals surface area contributed by atoms with E-state index in [4.69, 9.17) is 14.7 Å². The zero-order valence-corrected chi connectivity index (χ0v) is 25.4. The van der Waals surface area contributed by atoms with E-state index in [1.807, 2.05) is 13.0 Å². The van der Waals surface area contributed by atoms with Crippen LogP contribution in [-0.4, -0.2) is 49.2 Å². The first-order valence-corrected chi connectivity index (χ1v) is 14.8. The molecule has 1 heterocycles. The van der Waals surface area contributed by atoms with E-state index in [2.05, 4.69) is 0 Å². The number of hydrogen-bond donors (Lipinski definition) is 1. The van der Waals surface area contributed by atoms with Crippen molar-refractivity contribution in [1.82, 2.24) is 4.90 Å². The van der Waals surface area contributed by atoms with E-state index in [0.29, 0.717) is 28.6 Å². The molecule has 2 aromatic carbocycles. The molecule has 1 N–H and O–H groups in total. The van der Waals surface area contributed by atoms with Crippen molar-refractivity contribution in [3.8, 4) is 11.8 Å². The van der Waals surface area contributed by atoms with Gasteiger partial charge in [0, 0.05) is 17.5 Å². The number of hydrogen-bond acceptors (Lipinski definition) is 11. The molecule has 0 radical (unpaired) electrons. The van der Waals surface area contributed by atoms with Crippen molar-refractivity contribution in [1.29, 1.82) is 5.26 Å². The predicted octanol–water partition coefficient (Wildman–Crippen LogP) is 4.98. The topological polar surface area (TPSA) is 160 Å². The van der Waals surface area contributed by atoms with Crippen molar-refractivity contribution in [2.45, 2.75) is 52.7 Å². The normalized spacial score (nSPS) is 17.8. The van der Waals surface area contributed by atoms with Crippen LogP contribution >= 0.6 is 23.5 Å². The Hall–Kier alpha value is -3.86. The third-order valence-corrected chi connectivity index (χ3v) is 8.52. The first kappa shape index (κ1) is 32.7. The molecule has 0 aliphatic carbocycles. The van der Waals surface area contributed by atoms with Crippen molar-refractivity contribution in [2.24, 2.45) is 11.3 Å². The summed E-state index contributed by atoms with van der Waals surface area (Å²) in [6, 6.07) is 13.4. The van der Waals surface area contributed by atoms with Crippen LogP contribution in [0.5, 0.6) is 5.75 Å². The van der Waals surface area contributed by atoms with Crippen LogP contribution in [0.25, 0.3) is 0 Å². The number of amides is 1. The lowest BCUT2D eigenvalue weighted by molar-refractivity contribution is -0.384. The molecule has 3 atom stereocenters. The molecule has 1 aliphatic rings. The largest absolute Gasteiger partial charge is 0.456 e. The van der Waals surface area contributed by atoms with Gasteiger partial charge in [-0.15, -0.1) is 11.8 Å². The number of nitriles is 1. The number of likely N-dealkylation sites (tertiary alicyclic amines) is 1. The highest BCUT2D eigenvalue weighted by molar-refractivity contribution is 8.16. The third-order valence-electron chi connectivity index (χ3n) is 6.08. The monoisotopic (exact) mass is 613 g/mol. The van der Waals surface area contributed by atoms with Crippen molar-refractivity contribution in [3.63, 3.8) is 0 Å². The Morgan fingerprint density at radius 2 is 1.79 bits per heavy atom. The van der Waals surface area contributed by atoms with Gasteiger partial charge in [-0.1, -0.05) is 27.7 Å². The van der Waals surface area contributed by atoms with Gasteiger partial charge in [-0.2, -0.15) is 5.26 Å². The molecule has 1 saturated heterocycles. The molecule has 0 aromatic heterocycles. The number of nitro groups is 1. The molecule has 2 aromatic rings. The van der Waals surface area contributed by atoms with Crippen LogP contribution < -0.4 is 4.74 Å². The zero-order chi connectivity index (χ0) is 31.2. The number of esters is 1.